The third-order valence-corrected chi connectivity index (χ3v) is 5.86. The minimum Gasteiger partial charge on any atom is -0.497 e. The molecule has 2 aromatic rings. The summed E-state index contributed by atoms with van der Waals surface area (Å²) in [7, 11) is 1.57. The van der Waals surface area contributed by atoms with Gasteiger partial charge in [0.1, 0.15) is 24.2 Å². The first-order valence-corrected chi connectivity index (χ1v) is 11.3. The van der Waals surface area contributed by atoms with Gasteiger partial charge in [-0.05, 0) is 42.7 Å². The number of piperidine rings is 1. The molecule has 1 atom stereocenters. The van der Waals surface area contributed by atoms with Crippen molar-refractivity contribution in [3.8, 4) is 5.75 Å². The Hall–Kier alpha value is -3.92. The number of benzene rings is 2. The second-order valence-corrected chi connectivity index (χ2v) is 8.30. The zero-order valence-corrected chi connectivity index (χ0v) is 19.5. The number of carbonyl (C=O) groups excluding carboxylic acids is 2. The Labute approximate surface area is 203 Å². The van der Waals surface area contributed by atoms with Gasteiger partial charge in [0, 0.05) is 30.6 Å². The number of hydrogen-bond donors (Lipinski definition) is 4. The molecule has 186 valence electrons. The van der Waals surface area contributed by atoms with Gasteiger partial charge < -0.3 is 30.5 Å². The van der Waals surface area contributed by atoms with Gasteiger partial charge in [0.05, 0.1) is 13.2 Å². The molecule has 0 radical (unpaired) electrons. The number of ether oxygens (including phenoxy) is 2. The first kappa shape index (κ1) is 25.7. The number of methoxy groups -OCH3 is 1. The fourth-order valence-electron chi connectivity index (χ4n) is 3.89. The smallest absolute Gasteiger partial charge is 0.329 e. The standard InChI is InChI=1S/C25H30N4O6/c1-34-19-8-2-16(3-9-19)14-21(28-24(32)18-6-4-17(5-7-18)23(26)27)25(33)29-12-10-20(11-13-29)35-15-22(30)31/h2-9,20-21H,10-15H2,1H3,(H3,26,27)(H,28,32)(H,30,31). The Morgan fingerprint density at radius 1 is 1.09 bits per heavy atom. The number of nitrogens with one attached hydrogen (secondary N) is 2. The van der Waals surface area contributed by atoms with Crippen LogP contribution in [0.25, 0.3) is 0 Å². The summed E-state index contributed by atoms with van der Waals surface area (Å²) >= 11 is 0. The van der Waals surface area contributed by atoms with E-state index < -0.39 is 17.9 Å². The molecule has 0 spiro atoms. The third-order valence-electron chi connectivity index (χ3n) is 5.86. The number of carboxylic acids is 1. The van der Waals surface area contributed by atoms with E-state index in [4.69, 9.17) is 25.7 Å². The minimum atomic E-state index is -1.03. The molecular weight excluding hydrogens is 452 g/mol. The molecule has 1 unspecified atom stereocenters. The van der Waals surface area contributed by atoms with Crippen LogP contribution in [0.1, 0.15) is 34.3 Å². The summed E-state index contributed by atoms with van der Waals surface area (Å²) in [5, 5.41) is 19.1. The van der Waals surface area contributed by atoms with Crippen molar-refractivity contribution in [2.45, 2.75) is 31.4 Å². The van der Waals surface area contributed by atoms with E-state index in [1.165, 1.54) is 0 Å². The lowest BCUT2D eigenvalue weighted by Crippen LogP contribution is -2.52. The predicted molar refractivity (Wildman–Crippen MR) is 129 cm³/mol. The molecule has 1 heterocycles. The number of carbonyl (C=O) groups is 3. The lowest BCUT2D eigenvalue weighted by Gasteiger charge is -2.34. The summed E-state index contributed by atoms with van der Waals surface area (Å²) in [6.45, 7) is 0.452. The Morgan fingerprint density at radius 2 is 1.69 bits per heavy atom. The van der Waals surface area contributed by atoms with Crippen LogP contribution in [0.4, 0.5) is 0 Å². The molecule has 1 aliphatic rings. The Kier molecular flexibility index (Phi) is 8.80. The molecule has 0 saturated carbocycles. The van der Waals surface area contributed by atoms with E-state index in [0.717, 1.165) is 5.56 Å². The van der Waals surface area contributed by atoms with Gasteiger partial charge in [0.25, 0.3) is 5.91 Å². The summed E-state index contributed by atoms with van der Waals surface area (Å²) < 4.78 is 10.5. The van der Waals surface area contributed by atoms with E-state index in [2.05, 4.69) is 5.32 Å². The quantitative estimate of drug-likeness (QED) is 0.295. The van der Waals surface area contributed by atoms with Crippen molar-refractivity contribution in [3.05, 3.63) is 65.2 Å². The molecular formula is C25H30N4O6. The molecule has 35 heavy (non-hydrogen) atoms. The van der Waals surface area contributed by atoms with E-state index >= 15 is 0 Å². The predicted octanol–water partition coefficient (Wildman–Crippen LogP) is 1.41. The van der Waals surface area contributed by atoms with Crippen LogP contribution in [-0.4, -0.2) is 72.6 Å². The van der Waals surface area contributed by atoms with E-state index in [-0.39, 0.29) is 30.9 Å². The number of aliphatic carboxylic acids is 1. The highest BCUT2D eigenvalue weighted by atomic mass is 16.5. The van der Waals surface area contributed by atoms with Gasteiger partial charge >= 0.3 is 5.97 Å². The average molecular weight is 483 g/mol. The monoisotopic (exact) mass is 482 g/mol. The number of hydrogen-bond acceptors (Lipinski definition) is 6. The maximum atomic E-state index is 13.4. The normalized spacial score (nSPS) is 14.7. The Morgan fingerprint density at radius 3 is 2.23 bits per heavy atom. The summed E-state index contributed by atoms with van der Waals surface area (Å²) in [5.74, 6) is -1.06. The molecule has 10 nitrogen and oxygen atoms in total. The first-order chi connectivity index (χ1) is 16.8. The maximum absolute atomic E-state index is 13.4. The van der Waals surface area contributed by atoms with Crippen molar-refractivity contribution in [2.24, 2.45) is 5.73 Å². The van der Waals surface area contributed by atoms with E-state index in [1.807, 2.05) is 12.1 Å². The van der Waals surface area contributed by atoms with Crippen molar-refractivity contribution in [1.29, 1.82) is 5.41 Å². The number of likely N-dealkylation sites (tertiary alicyclic amines) is 1. The van der Waals surface area contributed by atoms with Crippen LogP contribution >= 0.6 is 0 Å². The van der Waals surface area contributed by atoms with Gasteiger partial charge in [-0.3, -0.25) is 15.0 Å². The average Bonchev–Trinajstić information content (AvgIpc) is 2.87. The maximum Gasteiger partial charge on any atom is 0.329 e. The van der Waals surface area contributed by atoms with Crippen molar-refractivity contribution in [2.75, 3.05) is 26.8 Å². The number of nitrogens with zero attached hydrogens (tertiary/aromatic N) is 1. The van der Waals surface area contributed by atoms with Gasteiger partial charge in [-0.25, -0.2) is 4.79 Å². The Balaban J connectivity index is 1.71. The highest BCUT2D eigenvalue weighted by molar-refractivity contribution is 5.99. The molecule has 3 rings (SSSR count). The number of rotatable bonds is 10. The summed E-state index contributed by atoms with van der Waals surface area (Å²) in [4.78, 5) is 38.8. The molecule has 2 aromatic carbocycles. The SMILES string of the molecule is COc1ccc(CC(NC(=O)c2ccc(C(=N)N)cc2)C(=O)N2CCC(OCC(=O)O)CC2)cc1. The van der Waals surface area contributed by atoms with Crippen LogP contribution in [0.15, 0.2) is 48.5 Å². The molecule has 0 aliphatic carbocycles. The summed E-state index contributed by atoms with van der Waals surface area (Å²) in [5.41, 5.74) is 7.19. The number of amidine groups is 1. The van der Waals surface area contributed by atoms with Crippen molar-refractivity contribution in [3.63, 3.8) is 0 Å². The van der Waals surface area contributed by atoms with Crippen LogP contribution in [0.5, 0.6) is 5.75 Å². The lowest BCUT2D eigenvalue weighted by atomic mass is 10.0. The van der Waals surface area contributed by atoms with Gasteiger partial charge in [-0.2, -0.15) is 0 Å². The second-order valence-electron chi connectivity index (χ2n) is 8.30. The van der Waals surface area contributed by atoms with E-state index in [9.17, 15) is 14.4 Å². The fraction of sp³-hybridized carbons (Fsp3) is 0.360. The molecule has 2 amide bonds. The highest BCUT2D eigenvalue weighted by Crippen LogP contribution is 2.18. The number of nitrogen functional groups attached to an aromatic ring is 1. The van der Waals surface area contributed by atoms with Gasteiger partial charge in [-0.1, -0.05) is 24.3 Å². The molecule has 1 aliphatic heterocycles. The first-order valence-electron chi connectivity index (χ1n) is 11.3. The van der Waals surface area contributed by atoms with Gasteiger partial charge in [0.15, 0.2) is 0 Å². The molecule has 0 bridgehead atoms. The molecule has 10 heteroatoms. The summed E-state index contributed by atoms with van der Waals surface area (Å²) in [6.07, 6.45) is 1.11. The number of amides is 2. The van der Waals surface area contributed by atoms with Crippen molar-refractivity contribution in [1.82, 2.24) is 10.2 Å². The van der Waals surface area contributed by atoms with E-state index in [1.54, 1.807) is 48.4 Å². The van der Waals surface area contributed by atoms with Crippen molar-refractivity contribution >= 4 is 23.6 Å². The van der Waals surface area contributed by atoms with Crippen LogP contribution < -0.4 is 15.8 Å². The molecule has 5 N–H and O–H groups in total. The summed E-state index contributed by atoms with van der Waals surface area (Å²) in [6, 6.07) is 12.8. The molecule has 1 saturated heterocycles. The van der Waals surface area contributed by atoms with Crippen LogP contribution in [0, 0.1) is 5.41 Å². The van der Waals surface area contributed by atoms with Gasteiger partial charge in [-0.15, -0.1) is 0 Å². The van der Waals surface area contributed by atoms with Crippen LogP contribution in [-0.2, 0) is 20.7 Å². The zero-order valence-electron chi connectivity index (χ0n) is 19.5. The van der Waals surface area contributed by atoms with E-state index in [0.29, 0.717) is 42.8 Å². The largest absolute Gasteiger partial charge is 0.497 e. The van der Waals surface area contributed by atoms with Crippen molar-refractivity contribution < 1.29 is 29.0 Å². The fourth-order valence-corrected chi connectivity index (χ4v) is 3.89. The second kappa shape index (κ2) is 12.0. The third kappa shape index (κ3) is 7.28. The Bertz CT molecular complexity index is 1050. The molecule has 0 aromatic heterocycles. The van der Waals surface area contributed by atoms with Gasteiger partial charge in [0.2, 0.25) is 5.91 Å². The van der Waals surface area contributed by atoms with Crippen LogP contribution in [0.3, 0.4) is 0 Å². The topological polar surface area (TPSA) is 155 Å². The minimum absolute atomic E-state index is 0.0970. The number of carboxylic acid groups (broad SMARTS) is 1. The zero-order chi connectivity index (χ0) is 25.4. The van der Waals surface area contributed by atoms with Crippen LogP contribution in [0.2, 0.25) is 0 Å². The molecule has 1 fully saturated rings. The number of nitrogens with two attached hydrogens (primary N) is 1. The highest BCUT2D eigenvalue weighted by Gasteiger charge is 2.30. The lowest BCUT2D eigenvalue weighted by molar-refractivity contribution is -0.147.